The van der Waals surface area contributed by atoms with Gasteiger partial charge in [0.25, 0.3) is 0 Å². The summed E-state index contributed by atoms with van der Waals surface area (Å²) < 4.78 is 5.85. The molecule has 1 aliphatic rings. The number of benzene rings is 1. The summed E-state index contributed by atoms with van der Waals surface area (Å²) >= 11 is 0. The van der Waals surface area contributed by atoms with Crippen molar-refractivity contribution in [1.29, 1.82) is 0 Å². The van der Waals surface area contributed by atoms with E-state index in [2.05, 4.69) is 44.2 Å². The lowest BCUT2D eigenvalue weighted by Gasteiger charge is -2.22. The van der Waals surface area contributed by atoms with Gasteiger partial charge in [-0.15, -0.1) is 0 Å². The van der Waals surface area contributed by atoms with Crippen LogP contribution in [0.15, 0.2) is 35.2 Å². The Morgan fingerprint density at radius 3 is 2.50 bits per heavy atom. The lowest BCUT2D eigenvalue weighted by Crippen LogP contribution is -2.18. The number of ether oxygens (including phenoxy) is 1. The molecule has 1 nitrogen and oxygen atoms in total. The molecule has 2 heteroatoms. The van der Waals surface area contributed by atoms with Crippen molar-refractivity contribution in [2.24, 2.45) is 5.92 Å². The maximum absolute atomic E-state index is 5.85. The average molecular weight is 350 g/mol. The molecule has 0 N–H and O–H groups in total. The van der Waals surface area contributed by atoms with Crippen molar-refractivity contribution in [2.45, 2.75) is 82.6 Å². The summed E-state index contributed by atoms with van der Waals surface area (Å²) in [6.45, 7) is 5.68. The first-order valence-electron chi connectivity index (χ1n) is 10.1. The number of unbranched alkanes of at least 4 members (excludes halogenated alkanes) is 2. The third-order valence-electron chi connectivity index (χ3n) is 4.94. The molecule has 0 amide bonds. The predicted octanol–water partition coefficient (Wildman–Crippen LogP) is 6.23. The van der Waals surface area contributed by atoms with Gasteiger partial charge >= 0.3 is 0 Å². The minimum atomic E-state index is 0.456. The minimum Gasteiger partial charge on any atom is -0.378 e. The van der Waals surface area contributed by atoms with Crippen LogP contribution in [-0.4, -0.2) is 24.2 Å². The molecule has 0 spiro atoms. The smallest absolute Gasteiger partial charge is 0.154 e. The molecule has 0 aromatic heterocycles. The summed E-state index contributed by atoms with van der Waals surface area (Å²) in [5.41, 5.74) is 0. The van der Waals surface area contributed by atoms with E-state index in [1.54, 1.807) is 4.90 Å². The molecule has 2 atom stereocenters. The van der Waals surface area contributed by atoms with Gasteiger partial charge < -0.3 is 4.74 Å². The van der Waals surface area contributed by atoms with E-state index < -0.39 is 0 Å². The van der Waals surface area contributed by atoms with E-state index in [1.807, 2.05) is 0 Å². The van der Waals surface area contributed by atoms with Crippen molar-refractivity contribution in [3.8, 4) is 0 Å². The van der Waals surface area contributed by atoms with Crippen LogP contribution in [0.3, 0.4) is 0 Å². The Morgan fingerprint density at radius 1 is 1.00 bits per heavy atom. The van der Waals surface area contributed by atoms with Gasteiger partial charge in [0.1, 0.15) is 11.5 Å². The van der Waals surface area contributed by atoms with Gasteiger partial charge in [-0.1, -0.05) is 38.5 Å². The first-order valence-corrected chi connectivity index (χ1v) is 11.7. The van der Waals surface area contributed by atoms with E-state index in [1.165, 1.54) is 69.3 Å². The van der Waals surface area contributed by atoms with Crippen LogP contribution in [-0.2, 0) is 15.6 Å². The Hall–Kier alpha value is -0.470. The van der Waals surface area contributed by atoms with E-state index in [-0.39, 0.29) is 0 Å². The molecule has 0 radical (unpaired) electrons. The van der Waals surface area contributed by atoms with Crippen LogP contribution >= 0.6 is 0 Å². The van der Waals surface area contributed by atoms with E-state index in [4.69, 9.17) is 4.74 Å². The van der Waals surface area contributed by atoms with E-state index in [9.17, 15) is 0 Å². The maximum Gasteiger partial charge on any atom is 0.154 e. The summed E-state index contributed by atoms with van der Waals surface area (Å²) in [6, 6.07) is 11.2. The fourth-order valence-electron chi connectivity index (χ4n) is 3.48. The molecule has 24 heavy (non-hydrogen) atoms. The summed E-state index contributed by atoms with van der Waals surface area (Å²) in [7, 11) is 0.456. The van der Waals surface area contributed by atoms with Gasteiger partial charge in [-0.05, 0) is 69.4 Å². The quantitative estimate of drug-likeness (QED) is 0.340. The summed E-state index contributed by atoms with van der Waals surface area (Å²) in [5.74, 6) is 3.60. The molecule has 0 bridgehead atoms. The standard InChI is InChI=1S/C22H37OS/c1-20(2)12-11-19-24(22-15-6-3-7-16-22)18-10-4-5-13-21-14-8-9-17-23-21/h3,6-7,15-16,20-21H,4-5,8-14,17-19H2,1-2H3/q+1. The number of hydrogen-bond donors (Lipinski definition) is 0. The molecular formula is C22H37OS+. The van der Waals surface area contributed by atoms with Crippen LogP contribution in [0, 0.1) is 5.92 Å². The van der Waals surface area contributed by atoms with Crippen molar-refractivity contribution in [3.63, 3.8) is 0 Å². The first kappa shape index (κ1) is 19.8. The second-order valence-corrected chi connectivity index (χ2v) is 9.86. The molecule has 1 saturated heterocycles. The Labute approximate surface area is 152 Å². The summed E-state index contributed by atoms with van der Waals surface area (Å²) in [4.78, 5) is 1.58. The van der Waals surface area contributed by atoms with Crippen molar-refractivity contribution in [3.05, 3.63) is 30.3 Å². The van der Waals surface area contributed by atoms with Crippen LogP contribution in [0.4, 0.5) is 0 Å². The van der Waals surface area contributed by atoms with Gasteiger partial charge in [-0.2, -0.15) is 0 Å². The van der Waals surface area contributed by atoms with Crippen LogP contribution in [0.1, 0.15) is 71.6 Å². The van der Waals surface area contributed by atoms with Crippen molar-refractivity contribution in [1.82, 2.24) is 0 Å². The van der Waals surface area contributed by atoms with Gasteiger partial charge in [0, 0.05) is 17.5 Å². The lowest BCUT2D eigenvalue weighted by molar-refractivity contribution is 0.00985. The largest absolute Gasteiger partial charge is 0.378 e. The van der Waals surface area contributed by atoms with Gasteiger partial charge in [0.2, 0.25) is 0 Å². The van der Waals surface area contributed by atoms with Crippen LogP contribution in [0.25, 0.3) is 0 Å². The maximum atomic E-state index is 5.85. The number of rotatable bonds is 11. The zero-order chi connectivity index (χ0) is 17.0. The molecule has 1 aliphatic heterocycles. The van der Waals surface area contributed by atoms with Gasteiger partial charge in [-0.3, -0.25) is 0 Å². The highest BCUT2D eigenvalue weighted by Gasteiger charge is 2.21. The Morgan fingerprint density at radius 2 is 1.79 bits per heavy atom. The zero-order valence-corrected chi connectivity index (χ0v) is 16.7. The summed E-state index contributed by atoms with van der Waals surface area (Å²) in [5, 5.41) is 0. The highest BCUT2D eigenvalue weighted by atomic mass is 32.2. The third-order valence-corrected chi connectivity index (χ3v) is 7.44. The Kier molecular flexibility index (Phi) is 9.91. The van der Waals surface area contributed by atoms with Crippen molar-refractivity contribution < 1.29 is 4.74 Å². The SMILES string of the molecule is CC(C)CCC[S+](CCCCCC1CCCCO1)c1ccccc1. The van der Waals surface area contributed by atoms with Crippen LogP contribution in [0.5, 0.6) is 0 Å². The van der Waals surface area contributed by atoms with Gasteiger partial charge in [-0.25, -0.2) is 0 Å². The molecule has 1 heterocycles. The lowest BCUT2D eigenvalue weighted by atomic mass is 10.0. The topological polar surface area (TPSA) is 9.23 Å². The molecular weight excluding hydrogens is 312 g/mol. The monoisotopic (exact) mass is 349 g/mol. The molecule has 0 saturated carbocycles. The van der Waals surface area contributed by atoms with Crippen molar-refractivity contribution in [2.75, 3.05) is 18.1 Å². The molecule has 1 aromatic rings. The van der Waals surface area contributed by atoms with Gasteiger partial charge in [0.05, 0.1) is 6.10 Å². The zero-order valence-electron chi connectivity index (χ0n) is 15.8. The molecule has 136 valence electrons. The second kappa shape index (κ2) is 12.0. The van der Waals surface area contributed by atoms with Crippen molar-refractivity contribution >= 4 is 10.9 Å². The molecule has 2 rings (SSSR count). The third kappa shape index (κ3) is 8.07. The minimum absolute atomic E-state index is 0.456. The Balaban J connectivity index is 1.67. The second-order valence-electron chi connectivity index (χ2n) is 7.59. The Bertz CT molecular complexity index is 411. The van der Waals surface area contributed by atoms with Crippen LogP contribution in [0.2, 0.25) is 0 Å². The fraction of sp³-hybridized carbons (Fsp3) is 0.727. The highest BCUT2D eigenvalue weighted by Crippen LogP contribution is 2.21. The highest BCUT2D eigenvalue weighted by molar-refractivity contribution is 7.96. The summed E-state index contributed by atoms with van der Waals surface area (Å²) in [6.07, 6.45) is 12.6. The van der Waals surface area contributed by atoms with E-state index in [0.717, 1.165) is 12.5 Å². The fourth-order valence-corrected chi connectivity index (χ4v) is 5.76. The van der Waals surface area contributed by atoms with Crippen LogP contribution < -0.4 is 0 Å². The molecule has 2 unspecified atom stereocenters. The first-order chi connectivity index (χ1) is 11.8. The van der Waals surface area contributed by atoms with Gasteiger partial charge in [0.15, 0.2) is 4.90 Å². The average Bonchev–Trinajstić information content (AvgIpc) is 2.61. The predicted molar refractivity (Wildman–Crippen MR) is 108 cm³/mol. The van der Waals surface area contributed by atoms with E-state index >= 15 is 0 Å². The molecule has 1 aromatic carbocycles. The molecule has 1 fully saturated rings. The normalized spacial score (nSPS) is 19.5. The molecule has 0 aliphatic carbocycles. The number of hydrogen-bond acceptors (Lipinski definition) is 1. The van der Waals surface area contributed by atoms with E-state index in [0.29, 0.717) is 17.0 Å².